The summed E-state index contributed by atoms with van der Waals surface area (Å²) >= 11 is 0. The Labute approximate surface area is 333 Å². The summed E-state index contributed by atoms with van der Waals surface area (Å²) in [6.07, 6.45) is 1.84. The molecule has 4 heterocycles. The Balaban J connectivity index is 0.989. The van der Waals surface area contributed by atoms with E-state index in [0.717, 1.165) is 110 Å². The average molecular weight is 737 g/mol. The molecule has 0 aliphatic rings. The fraction of sp³-hybridized carbons (Fsp3) is 0. The van der Waals surface area contributed by atoms with Crippen LogP contribution in [0.3, 0.4) is 0 Å². The SMILES string of the molecule is c1ccc2cc(-c3ccc4ccc(-c5ccc6ccc(-c7c8ccccc8c(-c8ccc9ccc%10cccnc%10c9n8)c8ccccc78)nc6c5)cc4n3)ccc2c1. The van der Waals surface area contributed by atoms with Gasteiger partial charge in [0.25, 0.3) is 0 Å². The number of hydrogen-bond donors (Lipinski definition) is 0. The van der Waals surface area contributed by atoms with Gasteiger partial charge in [0.05, 0.1) is 39.1 Å². The molecule has 268 valence electrons. The van der Waals surface area contributed by atoms with Crippen LogP contribution < -0.4 is 0 Å². The third-order valence-corrected chi connectivity index (χ3v) is 11.6. The quantitative estimate of drug-likeness (QED) is 0.133. The van der Waals surface area contributed by atoms with Gasteiger partial charge in [-0.15, -0.1) is 0 Å². The van der Waals surface area contributed by atoms with Crippen molar-refractivity contribution in [2.45, 2.75) is 0 Å². The molecule has 0 bridgehead atoms. The Morgan fingerprint density at radius 2 is 0.724 bits per heavy atom. The molecule has 0 unspecified atom stereocenters. The lowest BCUT2D eigenvalue weighted by Crippen LogP contribution is -1.95. The highest BCUT2D eigenvalue weighted by Gasteiger charge is 2.19. The Kier molecular flexibility index (Phi) is 7.20. The molecular weight excluding hydrogens is 705 g/mol. The second-order valence-electron chi connectivity index (χ2n) is 15.0. The molecule has 0 radical (unpaired) electrons. The molecule has 0 atom stereocenters. The molecule has 0 saturated heterocycles. The van der Waals surface area contributed by atoms with Crippen molar-refractivity contribution in [1.82, 2.24) is 19.9 Å². The van der Waals surface area contributed by atoms with Crippen molar-refractivity contribution < 1.29 is 0 Å². The number of nitrogens with zero attached hydrogens (tertiary/aromatic N) is 4. The van der Waals surface area contributed by atoms with Crippen LogP contribution in [0.2, 0.25) is 0 Å². The average Bonchev–Trinajstić information content (AvgIpc) is 3.29. The summed E-state index contributed by atoms with van der Waals surface area (Å²) in [5.74, 6) is 0. The van der Waals surface area contributed by atoms with E-state index in [9.17, 15) is 0 Å². The van der Waals surface area contributed by atoms with Gasteiger partial charge in [-0.1, -0.05) is 146 Å². The number of aromatic nitrogens is 4. The van der Waals surface area contributed by atoms with E-state index >= 15 is 0 Å². The molecule has 12 aromatic rings. The topological polar surface area (TPSA) is 51.6 Å². The van der Waals surface area contributed by atoms with Crippen molar-refractivity contribution >= 4 is 75.9 Å². The summed E-state index contributed by atoms with van der Waals surface area (Å²) in [7, 11) is 0. The molecule has 4 aromatic heterocycles. The third-order valence-electron chi connectivity index (χ3n) is 11.6. The first-order valence-electron chi connectivity index (χ1n) is 19.6. The first-order valence-corrected chi connectivity index (χ1v) is 19.6. The van der Waals surface area contributed by atoms with Gasteiger partial charge in [0.1, 0.15) is 0 Å². The Morgan fingerprint density at radius 1 is 0.276 bits per heavy atom. The zero-order chi connectivity index (χ0) is 38.2. The van der Waals surface area contributed by atoms with Crippen molar-refractivity contribution in [2.75, 3.05) is 0 Å². The van der Waals surface area contributed by atoms with Gasteiger partial charge in [0.2, 0.25) is 0 Å². The van der Waals surface area contributed by atoms with Crippen LogP contribution in [0.4, 0.5) is 0 Å². The van der Waals surface area contributed by atoms with Crippen LogP contribution in [0.15, 0.2) is 194 Å². The van der Waals surface area contributed by atoms with E-state index in [2.05, 4.69) is 182 Å². The summed E-state index contributed by atoms with van der Waals surface area (Å²) in [6.45, 7) is 0. The summed E-state index contributed by atoms with van der Waals surface area (Å²) in [6, 6.07) is 66.7. The molecule has 0 aliphatic heterocycles. The van der Waals surface area contributed by atoms with Gasteiger partial charge < -0.3 is 0 Å². The van der Waals surface area contributed by atoms with Crippen LogP contribution in [0.5, 0.6) is 0 Å². The first kappa shape index (κ1) is 32.4. The number of fused-ring (bicyclic) bond motifs is 8. The summed E-state index contributed by atoms with van der Waals surface area (Å²) in [5.41, 5.74) is 12.1. The highest BCUT2D eigenvalue weighted by molar-refractivity contribution is 6.21. The maximum absolute atomic E-state index is 5.41. The lowest BCUT2D eigenvalue weighted by Gasteiger charge is -2.17. The molecule has 0 amide bonds. The number of hydrogen-bond acceptors (Lipinski definition) is 4. The Morgan fingerprint density at radius 3 is 1.38 bits per heavy atom. The zero-order valence-corrected chi connectivity index (χ0v) is 31.3. The van der Waals surface area contributed by atoms with Crippen LogP contribution in [0.25, 0.3) is 121 Å². The Bertz CT molecular complexity index is 3590. The van der Waals surface area contributed by atoms with E-state index in [0.29, 0.717) is 0 Å². The minimum atomic E-state index is 0.910. The van der Waals surface area contributed by atoms with E-state index in [1.807, 2.05) is 12.3 Å². The highest BCUT2D eigenvalue weighted by Crippen LogP contribution is 2.43. The molecule has 8 aromatic carbocycles. The van der Waals surface area contributed by atoms with Gasteiger partial charge >= 0.3 is 0 Å². The zero-order valence-electron chi connectivity index (χ0n) is 31.3. The van der Waals surface area contributed by atoms with E-state index in [1.165, 1.54) is 10.8 Å². The highest BCUT2D eigenvalue weighted by atomic mass is 14.8. The largest absolute Gasteiger partial charge is 0.254 e. The first-order chi connectivity index (χ1) is 28.7. The van der Waals surface area contributed by atoms with Crippen LogP contribution in [0, 0.1) is 0 Å². The molecule has 0 saturated carbocycles. The van der Waals surface area contributed by atoms with Crippen molar-refractivity contribution in [3.63, 3.8) is 0 Å². The number of rotatable bonds is 4. The predicted molar refractivity (Wildman–Crippen MR) is 242 cm³/mol. The van der Waals surface area contributed by atoms with Gasteiger partial charge in [-0.05, 0) is 85.9 Å². The van der Waals surface area contributed by atoms with Gasteiger partial charge in [-0.25, -0.2) is 15.0 Å². The van der Waals surface area contributed by atoms with E-state index in [4.69, 9.17) is 19.9 Å². The summed E-state index contributed by atoms with van der Waals surface area (Å²) in [5, 5.41) is 11.4. The second-order valence-corrected chi connectivity index (χ2v) is 15.0. The monoisotopic (exact) mass is 736 g/mol. The van der Waals surface area contributed by atoms with Gasteiger partial charge in [-0.2, -0.15) is 0 Å². The summed E-state index contributed by atoms with van der Waals surface area (Å²) in [4.78, 5) is 20.6. The Hall–Kier alpha value is -7.82. The fourth-order valence-electron chi connectivity index (χ4n) is 8.79. The maximum atomic E-state index is 5.41. The molecule has 0 N–H and O–H groups in total. The van der Waals surface area contributed by atoms with Gasteiger partial charge in [0, 0.05) is 44.4 Å². The van der Waals surface area contributed by atoms with Crippen molar-refractivity contribution in [2.24, 2.45) is 0 Å². The van der Waals surface area contributed by atoms with Gasteiger partial charge in [0.15, 0.2) is 0 Å². The fourth-order valence-corrected chi connectivity index (χ4v) is 8.79. The van der Waals surface area contributed by atoms with Crippen LogP contribution in [-0.4, -0.2) is 19.9 Å². The minimum Gasteiger partial charge on any atom is -0.254 e. The number of pyridine rings is 4. The molecular formula is C54H32N4. The molecule has 4 heteroatoms. The van der Waals surface area contributed by atoms with Crippen LogP contribution in [0.1, 0.15) is 0 Å². The molecule has 58 heavy (non-hydrogen) atoms. The van der Waals surface area contributed by atoms with Crippen molar-refractivity contribution in [1.29, 1.82) is 0 Å². The van der Waals surface area contributed by atoms with Gasteiger partial charge in [-0.3, -0.25) is 4.98 Å². The van der Waals surface area contributed by atoms with Crippen LogP contribution in [-0.2, 0) is 0 Å². The van der Waals surface area contributed by atoms with Crippen molar-refractivity contribution in [3.8, 4) is 44.9 Å². The summed E-state index contributed by atoms with van der Waals surface area (Å²) < 4.78 is 0. The maximum Gasteiger partial charge on any atom is 0.0972 e. The lowest BCUT2D eigenvalue weighted by atomic mass is 9.88. The molecule has 0 spiro atoms. The molecule has 4 nitrogen and oxygen atoms in total. The van der Waals surface area contributed by atoms with E-state index < -0.39 is 0 Å². The smallest absolute Gasteiger partial charge is 0.0972 e. The second kappa shape index (κ2) is 12.9. The van der Waals surface area contributed by atoms with E-state index in [1.54, 1.807) is 0 Å². The standard InChI is InChI=1S/C54H32N4/c1-2-9-38-30-41(22-15-33(38)8-1)46-26-23-34-16-20-39(31-49(34)56-46)40-21-17-35-24-27-47(57-50(35)32-40)51-42-11-3-5-13-44(42)52(45-14-6-4-12-43(45)51)48-28-25-37-19-18-36-10-7-29-55-53(36)54(37)58-48/h1-32H. The molecule has 0 aliphatic carbocycles. The van der Waals surface area contributed by atoms with E-state index in [-0.39, 0.29) is 0 Å². The molecule has 12 rings (SSSR count). The third kappa shape index (κ3) is 5.23. The normalized spacial score (nSPS) is 11.8. The lowest BCUT2D eigenvalue weighted by molar-refractivity contribution is 1.38. The predicted octanol–water partition coefficient (Wildman–Crippen LogP) is 14.0. The number of benzene rings is 8. The molecule has 0 fully saturated rings. The van der Waals surface area contributed by atoms with Crippen LogP contribution >= 0.6 is 0 Å². The van der Waals surface area contributed by atoms with Crippen molar-refractivity contribution in [3.05, 3.63) is 194 Å². The minimum absolute atomic E-state index is 0.910.